The zero-order valence-electron chi connectivity index (χ0n) is 9.34. The summed E-state index contributed by atoms with van der Waals surface area (Å²) in [6.45, 7) is 4.65. The number of carbonyl (C=O) groups excluding carboxylic acids is 1. The topological polar surface area (TPSA) is 55.6 Å². The van der Waals surface area contributed by atoms with Crippen LogP contribution in [0.15, 0.2) is 0 Å². The van der Waals surface area contributed by atoms with Gasteiger partial charge in [0.15, 0.2) is 0 Å². The maximum absolute atomic E-state index is 12.5. The van der Waals surface area contributed by atoms with Gasteiger partial charge in [-0.25, -0.2) is 4.79 Å². The molecule has 0 radical (unpaired) electrons. The van der Waals surface area contributed by atoms with Gasteiger partial charge in [0.2, 0.25) is 0 Å². The van der Waals surface area contributed by atoms with Crippen LogP contribution in [0.25, 0.3) is 0 Å². The lowest BCUT2D eigenvalue weighted by atomic mass is 9.97. The van der Waals surface area contributed by atoms with Crippen molar-refractivity contribution >= 4 is 6.09 Å². The van der Waals surface area contributed by atoms with E-state index in [0.717, 1.165) is 0 Å². The van der Waals surface area contributed by atoms with Crippen molar-refractivity contribution in [1.29, 1.82) is 0 Å². The molecule has 1 saturated heterocycles. The molecule has 0 aromatic heterocycles. The summed E-state index contributed by atoms with van der Waals surface area (Å²) in [5, 5.41) is 0. The number of rotatable bonds is 0. The molecule has 1 aliphatic heterocycles. The molecule has 0 aromatic carbocycles. The van der Waals surface area contributed by atoms with Gasteiger partial charge >= 0.3 is 12.3 Å². The molecule has 16 heavy (non-hydrogen) atoms. The summed E-state index contributed by atoms with van der Waals surface area (Å²) in [7, 11) is 0. The van der Waals surface area contributed by atoms with Crippen molar-refractivity contribution in [2.24, 2.45) is 5.73 Å². The molecule has 1 heterocycles. The van der Waals surface area contributed by atoms with Crippen molar-refractivity contribution in [2.75, 3.05) is 6.54 Å². The quantitative estimate of drug-likeness (QED) is 0.698. The van der Waals surface area contributed by atoms with E-state index in [1.807, 2.05) is 0 Å². The Hall–Kier alpha value is -0.980. The van der Waals surface area contributed by atoms with Crippen molar-refractivity contribution in [1.82, 2.24) is 4.90 Å². The average molecular weight is 240 g/mol. The lowest BCUT2D eigenvalue weighted by molar-refractivity contribution is -0.210. The normalized spacial score (nSPS) is 26.3. The lowest BCUT2D eigenvalue weighted by Gasteiger charge is -2.46. The monoisotopic (exact) mass is 240 g/mol. The summed E-state index contributed by atoms with van der Waals surface area (Å²) < 4.78 is 42.2. The molecule has 1 aliphatic rings. The molecule has 0 aromatic rings. The van der Waals surface area contributed by atoms with Crippen molar-refractivity contribution in [3.05, 3.63) is 0 Å². The molecular formula is C9H15F3N2O2. The fourth-order valence-corrected chi connectivity index (χ4v) is 1.46. The van der Waals surface area contributed by atoms with Gasteiger partial charge in [-0.3, -0.25) is 4.90 Å². The summed E-state index contributed by atoms with van der Waals surface area (Å²) in [6, 6.07) is -2.99. The number of halogens is 3. The highest BCUT2D eigenvalue weighted by Crippen LogP contribution is 2.33. The van der Waals surface area contributed by atoms with Crippen LogP contribution < -0.4 is 5.73 Å². The van der Waals surface area contributed by atoms with Crippen molar-refractivity contribution in [2.45, 2.75) is 44.6 Å². The Bertz CT molecular complexity index is 285. The second-order valence-corrected chi connectivity index (χ2v) is 4.78. The number of alkyl halides is 3. The van der Waals surface area contributed by atoms with Gasteiger partial charge in [0, 0.05) is 6.54 Å². The van der Waals surface area contributed by atoms with Gasteiger partial charge in [0.1, 0.15) is 11.6 Å². The summed E-state index contributed by atoms with van der Waals surface area (Å²) >= 11 is 0. The van der Waals surface area contributed by atoms with E-state index < -0.39 is 30.0 Å². The number of ether oxygens (including phenoxy) is 1. The number of nitrogens with two attached hydrogens (primary N) is 1. The van der Waals surface area contributed by atoms with Gasteiger partial charge in [0.05, 0.1) is 6.04 Å². The summed E-state index contributed by atoms with van der Waals surface area (Å²) in [6.07, 6.45) is -5.48. The summed E-state index contributed by atoms with van der Waals surface area (Å²) in [5.74, 6) is 0. The van der Waals surface area contributed by atoms with E-state index >= 15 is 0 Å². The lowest BCUT2D eigenvalue weighted by Crippen LogP contribution is -2.71. The Morgan fingerprint density at radius 3 is 2.19 bits per heavy atom. The van der Waals surface area contributed by atoms with Crippen LogP contribution in [0.5, 0.6) is 0 Å². The van der Waals surface area contributed by atoms with Crippen LogP contribution in [0.2, 0.25) is 0 Å². The highest BCUT2D eigenvalue weighted by molar-refractivity contribution is 5.70. The second-order valence-electron chi connectivity index (χ2n) is 4.78. The SMILES string of the molecule is CC(C)(C)OC(=O)N1CC(N)C1C(F)(F)F. The fourth-order valence-electron chi connectivity index (χ4n) is 1.46. The minimum Gasteiger partial charge on any atom is -0.444 e. The molecule has 4 nitrogen and oxygen atoms in total. The van der Waals surface area contributed by atoms with E-state index in [1.54, 1.807) is 20.8 Å². The predicted octanol–water partition coefficient (Wildman–Crippen LogP) is 1.50. The van der Waals surface area contributed by atoms with E-state index in [1.165, 1.54) is 0 Å². The molecule has 1 fully saturated rings. The first-order chi connectivity index (χ1) is 7.02. The number of hydrogen-bond acceptors (Lipinski definition) is 3. The van der Waals surface area contributed by atoms with E-state index in [2.05, 4.69) is 0 Å². The Labute approximate surface area is 91.5 Å². The third-order valence-corrected chi connectivity index (χ3v) is 2.11. The predicted molar refractivity (Wildman–Crippen MR) is 50.8 cm³/mol. The molecule has 2 atom stereocenters. The highest BCUT2D eigenvalue weighted by atomic mass is 19.4. The number of likely N-dealkylation sites (tertiary alicyclic amines) is 1. The largest absolute Gasteiger partial charge is 0.444 e. The maximum atomic E-state index is 12.5. The number of hydrogen-bond donors (Lipinski definition) is 1. The molecule has 0 spiro atoms. The smallest absolute Gasteiger partial charge is 0.410 e. The molecule has 94 valence electrons. The minimum atomic E-state index is -4.51. The van der Waals surface area contributed by atoms with Gasteiger partial charge < -0.3 is 10.5 Å². The maximum Gasteiger partial charge on any atom is 0.410 e. The Kier molecular flexibility index (Phi) is 3.11. The van der Waals surface area contributed by atoms with Crippen LogP contribution >= 0.6 is 0 Å². The van der Waals surface area contributed by atoms with Gasteiger partial charge in [-0.15, -0.1) is 0 Å². The van der Waals surface area contributed by atoms with Crippen molar-refractivity contribution in [3.8, 4) is 0 Å². The Morgan fingerprint density at radius 2 is 1.88 bits per heavy atom. The van der Waals surface area contributed by atoms with Crippen molar-refractivity contribution < 1.29 is 22.7 Å². The molecule has 2 N–H and O–H groups in total. The zero-order chi connectivity index (χ0) is 12.7. The van der Waals surface area contributed by atoms with Crippen LogP contribution in [-0.4, -0.2) is 41.4 Å². The third-order valence-electron chi connectivity index (χ3n) is 2.11. The molecule has 0 saturated carbocycles. The molecular weight excluding hydrogens is 225 g/mol. The van der Waals surface area contributed by atoms with E-state index in [9.17, 15) is 18.0 Å². The number of amides is 1. The second kappa shape index (κ2) is 3.80. The van der Waals surface area contributed by atoms with E-state index in [0.29, 0.717) is 4.90 Å². The van der Waals surface area contributed by atoms with Crippen molar-refractivity contribution in [3.63, 3.8) is 0 Å². The first kappa shape index (κ1) is 13.1. The first-order valence-corrected chi connectivity index (χ1v) is 4.84. The average Bonchev–Trinajstić information content (AvgIpc) is 1.92. The summed E-state index contributed by atoms with van der Waals surface area (Å²) in [5.41, 5.74) is 4.42. The van der Waals surface area contributed by atoms with Gasteiger partial charge in [0.25, 0.3) is 0 Å². The minimum absolute atomic E-state index is 0.126. The molecule has 2 unspecified atom stereocenters. The summed E-state index contributed by atoms with van der Waals surface area (Å²) in [4.78, 5) is 12.0. The zero-order valence-corrected chi connectivity index (χ0v) is 9.34. The molecule has 1 amide bonds. The van der Waals surface area contributed by atoms with Crippen LogP contribution in [0.3, 0.4) is 0 Å². The van der Waals surface area contributed by atoms with Crippen LogP contribution in [0, 0.1) is 0 Å². The fraction of sp³-hybridized carbons (Fsp3) is 0.889. The van der Waals surface area contributed by atoms with E-state index in [4.69, 9.17) is 10.5 Å². The van der Waals surface area contributed by atoms with Gasteiger partial charge in [-0.2, -0.15) is 13.2 Å². The standard InChI is InChI=1S/C9H15F3N2O2/c1-8(2,3)16-7(15)14-4-5(13)6(14)9(10,11)12/h5-6H,4,13H2,1-3H3. The third kappa shape index (κ3) is 2.78. The molecule has 1 rings (SSSR count). The van der Waals surface area contributed by atoms with E-state index in [-0.39, 0.29) is 6.54 Å². The number of nitrogens with zero attached hydrogens (tertiary/aromatic N) is 1. The van der Waals surface area contributed by atoms with Crippen LogP contribution in [0.1, 0.15) is 20.8 Å². The number of carbonyl (C=O) groups is 1. The van der Waals surface area contributed by atoms with Gasteiger partial charge in [-0.1, -0.05) is 0 Å². The Morgan fingerprint density at radius 1 is 1.38 bits per heavy atom. The molecule has 7 heteroatoms. The van der Waals surface area contributed by atoms with Crippen LogP contribution in [-0.2, 0) is 4.74 Å². The molecule has 0 bridgehead atoms. The highest BCUT2D eigenvalue weighted by Gasteiger charge is 2.56. The Balaban J connectivity index is 2.66. The first-order valence-electron chi connectivity index (χ1n) is 4.84. The van der Waals surface area contributed by atoms with Crippen LogP contribution in [0.4, 0.5) is 18.0 Å². The molecule has 0 aliphatic carbocycles. The van der Waals surface area contributed by atoms with Gasteiger partial charge in [-0.05, 0) is 20.8 Å².